The Labute approximate surface area is 208 Å². The SMILES string of the molecule is CCNC(=NCc1cc(C)c(O)c(C)c1)NC1CCN(c2cc(OC)cc(OC)c2)C1.I. The molecule has 0 spiro atoms. The molecule has 1 heterocycles. The second-order valence-electron chi connectivity index (χ2n) is 7.92. The second kappa shape index (κ2) is 12.0. The van der Waals surface area contributed by atoms with Crippen molar-refractivity contribution < 1.29 is 14.6 Å². The van der Waals surface area contributed by atoms with Crippen LogP contribution in [0.4, 0.5) is 5.69 Å². The third-order valence-corrected chi connectivity index (χ3v) is 5.55. The highest BCUT2D eigenvalue weighted by Gasteiger charge is 2.24. The van der Waals surface area contributed by atoms with E-state index in [0.29, 0.717) is 18.3 Å². The van der Waals surface area contributed by atoms with Crippen LogP contribution in [0.1, 0.15) is 30.0 Å². The van der Waals surface area contributed by atoms with Gasteiger partial charge in [0.2, 0.25) is 0 Å². The number of phenols is 1. The fraction of sp³-hybridized carbons (Fsp3) is 0.458. The van der Waals surface area contributed by atoms with Crippen molar-refractivity contribution in [2.24, 2.45) is 4.99 Å². The van der Waals surface area contributed by atoms with Gasteiger partial charge in [0.05, 0.1) is 20.8 Å². The first-order valence-corrected chi connectivity index (χ1v) is 10.8. The van der Waals surface area contributed by atoms with Crippen LogP contribution in [0.25, 0.3) is 0 Å². The molecule has 8 heteroatoms. The number of rotatable bonds is 7. The summed E-state index contributed by atoms with van der Waals surface area (Å²) in [6.07, 6.45) is 1.02. The maximum atomic E-state index is 9.99. The zero-order chi connectivity index (χ0) is 22.4. The van der Waals surface area contributed by atoms with Gasteiger partial charge in [-0.25, -0.2) is 4.99 Å². The predicted octanol–water partition coefficient (Wildman–Crippen LogP) is 3.98. The third kappa shape index (κ3) is 6.57. The molecule has 1 aliphatic rings. The van der Waals surface area contributed by atoms with Gasteiger partial charge in [-0.15, -0.1) is 24.0 Å². The number of hydrogen-bond acceptors (Lipinski definition) is 5. The summed E-state index contributed by atoms with van der Waals surface area (Å²) >= 11 is 0. The van der Waals surface area contributed by atoms with Gasteiger partial charge in [0.15, 0.2) is 5.96 Å². The van der Waals surface area contributed by atoms with E-state index in [4.69, 9.17) is 14.5 Å². The van der Waals surface area contributed by atoms with Crippen molar-refractivity contribution in [2.75, 3.05) is 38.8 Å². The van der Waals surface area contributed by atoms with Crippen LogP contribution < -0.4 is 25.0 Å². The summed E-state index contributed by atoms with van der Waals surface area (Å²) in [4.78, 5) is 7.10. The number of halogens is 1. The highest BCUT2D eigenvalue weighted by atomic mass is 127. The van der Waals surface area contributed by atoms with Crippen LogP contribution in [0.15, 0.2) is 35.3 Å². The number of benzene rings is 2. The quantitative estimate of drug-likeness (QED) is 0.273. The molecule has 0 saturated carbocycles. The number of nitrogens with zero attached hydrogens (tertiary/aromatic N) is 2. The zero-order valence-corrected chi connectivity index (χ0v) is 21.9. The smallest absolute Gasteiger partial charge is 0.191 e. The summed E-state index contributed by atoms with van der Waals surface area (Å²) < 4.78 is 10.8. The van der Waals surface area contributed by atoms with Crippen molar-refractivity contribution in [3.8, 4) is 17.2 Å². The van der Waals surface area contributed by atoms with Gasteiger partial charge in [-0.2, -0.15) is 0 Å². The van der Waals surface area contributed by atoms with Crippen LogP contribution >= 0.6 is 24.0 Å². The zero-order valence-electron chi connectivity index (χ0n) is 19.6. The highest BCUT2D eigenvalue weighted by molar-refractivity contribution is 14.0. The van der Waals surface area contributed by atoms with Crippen LogP contribution in [-0.2, 0) is 6.54 Å². The standard InChI is InChI=1S/C24H34N4O3.HI/c1-6-25-24(26-14-18-9-16(2)23(29)17(3)10-18)27-19-7-8-28(15-19)20-11-21(30-4)13-22(12-20)31-5;/h9-13,19,29H,6-8,14-15H2,1-5H3,(H2,25,26,27);1H. The molecule has 32 heavy (non-hydrogen) atoms. The third-order valence-electron chi connectivity index (χ3n) is 5.55. The van der Waals surface area contributed by atoms with E-state index in [1.165, 1.54) is 0 Å². The van der Waals surface area contributed by atoms with E-state index < -0.39 is 0 Å². The van der Waals surface area contributed by atoms with Gasteiger partial charge in [0.1, 0.15) is 17.2 Å². The van der Waals surface area contributed by atoms with Crippen LogP contribution in [0.3, 0.4) is 0 Å². The number of aromatic hydroxyl groups is 1. The van der Waals surface area contributed by atoms with E-state index in [1.54, 1.807) is 14.2 Å². The molecule has 1 unspecified atom stereocenters. The molecular weight excluding hydrogens is 519 g/mol. The minimum absolute atomic E-state index is 0. The number of anilines is 1. The fourth-order valence-electron chi connectivity index (χ4n) is 3.91. The van der Waals surface area contributed by atoms with E-state index in [0.717, 1.165) is 65.9 Å². The average Bonchev–Trinajstić information content (AvgIpc) is 3.24. The molecule has 3 N–H and O–H groups in total. The Kier molecular flexibility index (Phi) is 9.74. The lowest BCUT2D eigenvalue weighted by Gasteiger charge is -2.21. The molecule has 1 fully saturated rings. The lowest BCUT2D eigenvalue weighted by Crippen LogP contribution is -2.44. The molecule has 0 aromatic heterocycles. The van der Waals surface area contributed by atoms with Gasteiger partial charge in [-0.05, 0) is 43.9 Å². The van der Waals surface area contributed by atoms with Crippen molar-refractivity contribution in [1.29, 1.82) is 0 Å². The molecule has 0 amide bonds. The molecule has 0 radical (unpaired) electrons. The lowest BCUT2D eigenvalue weighted by atomic mass is 10.1. The Hall–Kier alpha value is -2.36. The number of phenolic OH excluding ortho intramolecular Hbond substituents is 1. The van der Waals surface area contributed by atoms with Crippen LogP contribution in [0.2, 0.25) is 0 Å². The molecule has 1 atom stereocenters. The number of guanidine groups is 1. The summed E-state index contributed by atoms with van der Waals surface area (Å²) in [7, 11) is 3.34. The number of methoxy groups -OCH3 is 2. The molecule has 0 bridgehead atoms. The van der Waals surface area contributed by atoms with E-state index in [1.807, 2.05) is 44.2 Å². The van der Waals surface area contributed by atoms with Gasteiger partial charge >= 0.3 is 0 Å². The monoisotopic (exact) mass is 554 g/mol. The van der Waals surface area contributed by atoms with E-state index >= 15 is 0 Å². The van der Waals surface area contributed by atoms with Crippen molar-refractivity contribution in [2.45, 2.75) is 39.8 Å². The molecule has 1 aliphatic heterocycles. The van der Waals surface area contributed by atoms with E-state index in [9.17, 15) is 5.11 Å². The van der Waals surface area contributed by atoms with Gasteiger partial charge in [-0.3, -0.25) is 0 Å². The molecule has 1 saturated heterocycles. The normalized spacial score (nSPS) is 15.8. The predicted molar refractivity (Wildman–Crippen MR) is 141 cm³/mol. The summed E-state index contributed by atoms with van der Waals surface area (Å²) in [6.45, 7) is 9.07. The molecular formula is C24H35IN4O3. The Morgan fingerprint density at radius 1 is 1.09 bits per heavy atom. The summed E-state index contributed by atoms with van der Waals surface area (Å²) in [5.74, 6) is 2.75. The molecule has 7 nitrogen and oxygen atoms in total. The van der Waals surface area contributed by atoms with Crippen molar-refractivity contribution in [3.63, 3.8) is 0 Å². The Balaban J connectivity index is 0.00000363. The Morgan fingerprint density at radius 3 is 2.28 bits per heavy atom. The first kappa shape index (κ1) is 25.9. The number of aliphatic imine (C=N–C) groups is 1. The lowest BCUT2D eigenvalue weighted by molar-refractivity contribution is 0.394. The molecule has 3 rings (SSSR count). The minimum Gasteiger partial charge on any atom is -0.507 e. The Bertz CT molecular complexity index is 890. The topological polar surface area (TPSA) is 78.4 Å². The first-order valence-electron chi connectivity index (χ1n) is 10.8. The highest BCUT2D eigenvalue weighted by Crippen LogP contribution is 2.30. The number of nitrogens with one attached hydrogen (secondary N) is 2. The summed E-state index contributed by atoms with van der Waals surface area (Å²) in [5.41, 5.74) is 3.94. The van der Waals surface area contributed by atoms with Crippen molar-refractivity contribution in [1.82, 2.24) is 10.6 Å². The minimum atomic E-state index is 0. The fourth-order valence-corrected chi connectivity index (χ4v) is 3.91. The Morgan fingerprint density at radius 2 is 1.72 bits per heavy atom. The van der Waals surface area contributed by atoms with E-state index in [-0.39, 0.29) is 24.0 Å². The van der Waals surface area contributed by atoms with Crippen LogP contribution in [0, 0.1) is 13.8 Å². The number of ether oxygens (including phenoxy) is 2. The molecule has 176 valence electrons. The maximum Gasteiger partial charge on any atom is 0.191 e. The molecule has 2 aromatic rings. The summed E-state index contributed by atoms with van der Waals surface area (Å²) in [6, 6.07) is 10.2. The largest absolute Gasteiger partial charge is 0.507 e. The van der Waals surface area contributed by atoms with Crippen LogP contribution in [0.5, 0.6) is 17.2 Å². The van der Waals surface area contributed by atoms with Crippen molar-refractivity contribution in [3.05, 3.63) is 47.0 Å². The average molecular weight is 554 g/mol. The number of hydrogen-bond donors (Lipinski definition) is 3. The second-order valence-corrected chi connectivity index (χ2v) is 7.92. The van der Waals surface area contributed by atoms with E-state index in [2.05, 4.69) is 22.5 Å². The number of aryl methyl sites for hydroxylation is 2. The summed E-state index contributed by atoms with van der Waals surface area (Å²) in [5, 5.41) is 16.9. The van der Waals surface area contributed by atoms with Gasteiger partial charge in [0.25, 0.3) is 0 Å². The maximum absolute atomic E-state index is 9.99. The van der Waals surface area contributed by atoms with Gasteiger partial charge < -0.3 is 30.1 Å². The van der Waals surface area contributed by atoms with Crippen molar-refractivity contribution >= 4 is 35.6 Å². The van der Waals surface area contributed by atoms with Crippen LogP contribution in [-0.4, -0.2) is 51.0 Å². The molecule has 2 aromatic carbocycles. The first-order chi connectivity index (χ1) is 14.9. The molecule has 0 aliphatic carbocycles. The van der Waals surface area contributed by atoms with Gasteiger partial charge in [0, 0.05) is 49.6 Å². The van der Waals surface area contributed by atoms with Gasteiger partial charge in [-0.1, -0.05) is 12.1 Å².